The van der Waals surface area contributed by atoms with Gasteiger partial charge in [-0.15, -0.1) is 0 Å². The number of aromatic hydroxyl groups is 1. The number of phenols is 1. The normalized spacial score (nSPS) is 10.0. The first kappa shape index (κ1) is 15.6. The zero-order chi connectivity index (χ0) is 15.9. The van der Waals surface area contributed by atoms with Crippen LogP contribution in [0.5, 0.6) is 11.5 Å². The van der Waals surface area contributed by atoms with Gasteiger partial charge in [0.2, 0.25) is 5.76 Å². The Hall–Kier alpha value is -2.75. The highest BCUT2D eigenvalue weighted by Gasteiger charge is 2.11. The minimum atomic E-state index is -0.615. The first-order chi connectivity index (χ1) is 10.6. The average molecular weight is 298 g/mol. The molecule has 0 atom stereocenters. The molecular weight excluding hydrogens is 280 g/mol. The number of carbonyl (C=O) groups excluding carboxylic acids is 1. The van der Waals surface area contributed by atoms with Crippen LogP contribution in [-0.4, -0.2) is 17.7 Å². The van der Waals surface area contributed by atoms with Gasteiger partial charge in [-0.05, 0) is 30.7 Å². The topological polar surface area (TPSA) is 55.8 Å². The summed E-state index contributed by atoms with van der Waals surface area (Å²) >= 11 is 0. The molecule has 0 aliphatic carbocycles. The van der Waals surface area contributed by atoms with Gasteiger partial charge in [0.05, 0.1) is 6.61 Å². The molecule has 2 rings (SSSR count). The van der Waals surface area contributed by atoms with Gasteiger partial charge in [0.15, 0.2) is 0 Å². The lowest BCUT2D eigenvalue weighted by molar-refractivity contribution is -0.140. The smallest absolute Gasteiger partial charge is 0.373 e. The molecule has 0 radical (unpaired) electrons. The van der Waals surface area contributed by atoms with Crippen LogP contribution >= 0.6 is 0 Å². The average Bonchev–Trinajstić information content (AvgIpc) is 2.51. The summed E-state index contributed by atoms with van der Waals surface area (Å²) in [5, 5.41) is 10.1. The number of phenolic OH excluding ortho intramolecular Hbond substituents is 1. The van der Waals surface area contributed by atoms with Crippen molar-refractivity contribution in [2.45, 2.75) is 13.3 Å². The molecular formula is C18H18O4. The molecule has 0 saturated carbocycles. The molecule has 114 valence electrons. The Morgan fingerprint density at radius 2 is 1.91 bits per heavy atom. The van der Waals surface area contributed by atoms with Crippen LogP contribution in [-0.2, 0) is 16.0 Å². The maximum atomic E-state index is 11.4. The van der Waals surface area contributed by atoms with Crippen molar-refractivity contribution < 1.29 is 19.4 Å². The second-order valence-electron chi connectivity index (χ2n) is 4.70. The maximum absolute atomic E-state index is 11.4. The summed E-state index contributed by atoms with van der Waals surface area (Å²) in [7, 11) is 0. The molecule has 0 fully saturated rings. The number of rotatable bonds is 6. The Balaban J connectivity index is 2.06. The van der Waals surface area contributed by atoms with Gasteiger partial charge in [-0.3, -0.25) is 0 Å². The molecule has 0 heterocycles. The van der Waals surface area contributed by atoms with E-state index in [1.807, 2.05) is 30.3 Å². The highest BCUT2D eigenvalue weighted by Crippen LogP contribution is 2.26. The summed E-state index contributed by atoms with van der Waals surface area (Å²) < 4.78 is 10.1. The zero-order valence-electron chi connectivity index (χ0n) is 12.4. The predicted molar refractivity (Wildman–Crippen MR) is 83.8 cm³/mol. The summed E-state index contributed by atoms with van der Waals surface area (Å²) in [6.45, 7) is 5.47. The number of hydrogen-bond donors (Lipinski definition) is 1. The third-order valence-corrected chi connectivity index (χ3v) is 3.04. The van der Waals surface area contributed by atoms with Crippen LogP contribution in [0.4, 0.5) is 0 Å². The van der Waals surface area contributed by atoms with Crippen LogP contribution in [0.3, 0.4) is 0 Å². The van der Waals surface area contributed by atoms with Gasteiger partial charge in [0.25, 0.3) is 0 Å². The fourth-order valence-corrected chi connectivity index (χ4v) is 1.97. The van der Waals surface area contributed by atoms with Crippen LogP contribution in [0.15, 0.2) is 60.9 Å². The first-order valence-corrected chi connectivity index (χ1v) is 7.00. The zero-order valence-corrected chi connectivity index (χ0v) is 12.4. The van der Waals surface area contributed by atoms with Gasteiger partial charge < -0.3 is 14.6 Å². The van der Waals surface area contributed by atoms with Crippen molar-refractivity contribution in [1.82, 2.24) is 0 Å². The molecule has 4 nitrogen and oxygen atoms in total. The van der Waals surface area contributed by atoms with Crippen molar-refractivity contribution >= 4 is 5.97 Å². The van der Waals surface area contributed by atoms with Crippen molar-refractivity contribution in [3.63, 3.8) is 0 Å². The summed E-state index contributed by atoms with van der Waals surface area (Å²) in [5.74, 6) is -0.280. The van der Waals surface area contributed by atoms with Gasteiger partial charge >= 0.3 is 5.97 Å². The molecule has 0 aliphatic heterocycles. The maximum Gasteiger partial charge on any atom is 0.373 e. The molecule has 0 aliphatic rings. The van der Waals surface area contributed by atoms with Crippen molar-refractivity contribution in [3.05, 3.63) is 72.0 Å². The molecule has 2 aromatic carbocycles. The molecule has 1 N–H and O–H groups in total. The largest absolute Gasteiger partial charge is 0.508 e. The molecule has 0 amide bonds. The van der Waals surface area contributed by atoms with Gasteiger partial charge in [0.1, 0.15) is 11.5 Å². The quantitative estimate of drug-likeness (QED) is 0.504. The van der Waals surface area contributed by atoms with E-state index in [1.54, 1.807) is 19.1 Å². The predicted octanol–water partition coefficient (Wildman–Crippen LogP) is 3.44. The molecule has 0 aromatic heterocycles. The van der Waals surface area contributed by atoms with Crippen LogP contribution in [0.1, 0.15) is 18.1 Å². The number of hydrogen-bond acceptors (Lipinski definition) is 4. The monoisotopic (exact) mass is 298 g/mol. The SMILES string of the molecule is C=C(Oc1ccc(Cc2ccccc2)c(O)c1)C(=O)OCC. The number of benzene rings is 2. The van der Waals surface area contributed by atoms with Gasteiger partial charge in [0, 0.05) is 12.5 Å². The van der Waals surface area contributed by atoms with Crippen LogP contribution < -0.4 is 4.74 Å². The van der Waals surface area contributed by atoms with Crippen molar-refractivity contribution in [1.29, 1.82) is 0 Å². The molecule has 2 aromatic rings. The van der Waals surface area contributed by atoms with Crippen LogP contribution in [0.2, 0.25) is 0 Å². The van der Waals surface area contributed by atoms with Gasteiger partial charge in [-0.1, -0.05) is 36.4 Å². The minimum Gasteiger partial charge on any atom is -0.508 e. The molecule has 22 heavy (non-hydrogen) atoms. The van der Waals surface area contributed by atoms with Crippen molar-refractivity contribution in [3.8, 4) is 11.5 Å². The van der Waals surface area contributed by atoms with Crippen molar-refractivity contribution in [2.75, 3.05) is 6.61 Å². The summed E-state index contributed by atoms with van der Waals surface area (Å²) in [6, 6.07) is 14.7. The van der Waals surface area contributed by atoms with E-state index in [9.17, 15) is 9.90 Å². The van der Waals surface area contributed by atoms with Crippen LogP contribution in [0.25, 0.3) is 0 Å². The second-order valence-corrected chi connectivity index (χ2v) is 4.70. The van der Waals surface area contributed by atoms with E-state index in [-0.39, 0.29) is 18.1 Å². The number of carbonyl (C=O) groups is 1. The third-order valence-electron chi connectivity index (χ3n) is 3.04. The van der Waals surface area contributed by atoms with E-state index in [1.165, 1.54) is 6.07 Å². The molecule has 0 saturated heterocycles. The number of ether oxygens (including phenoxy) is 2. The lowest BCUT2D eigenvalue weighted by Gasteiger charge is -2.10. The second kappa shape index (κ2) is 7.31. The Morgan fingerprint density at radius 1 is 1.18 bits per heavy atom. The van der Waals surface area contributed by atoms with E-state index in [0.29, 0.717) is 12.2 Å². The Kier molecular flexibility index (Phi) is 5.20. The standard InChI is InChI=1S/C18H18O4/c1-3-21-18(20)13(2)22-16-10-9-15(17(19)12-16)11-14-7-5-4-6-8-14/h4-10,12,19H,2-3,11H2,1H3. The third kappa shape index (κ3) is 4.12. The number of esters is 1. The highest BCUT2D eigenvalue weighted by atomic mass is 16.6. The van der Waals surface area contributed by atoms with Crippen molar-refractivity contribution in [2.24, 2.45) is 0 Å². The van der Waals surface area contributed by atoms with E-state index >= 15 is 0 Å². The van der Waals surface area contributed by atoms with Crippen LogP contribution in [0, 0.1) is 0 Å². The summed E-state index contributed by atoms with van der Waals surface area (Å²) in [5.41, 5.74) is 1.88. The first-order valence-electron chi connectivity index (χ1n) is 7.00. The minimum absolute atomic E-state index is 0.109. The van der Waals surface area contributed by atoms with E-state index < -0.39 is 5.97 Å². The fraction of sp³-hybridized carbons (Fsp3) is 0.167. The summed E-state index contributed by atoms with van der Waals surface area (Å²) in [4.78, 5) is 11.4. The molecule has 0 spiro atoms. The lowest BCUT2D eigenvalue weighted by Crippen LogP contribution is -2.11. The van der Waals surface area contributed by atoms with Gasteiger partial charge in [-0.2, -0.15) is 0 Å². The molecule has 0 bridgehead atoms. The van der Waals surface area contributed by atoms with E-state index in [2.05, 4.69) is 6.58 Å². The Labute approximate surface area is 129 Å². The van der Waals surface area contributed by atoms with E-state index in [0.717, 1.165) is 11.1 Å². The van der Waals surface area contributed by atoms with Gasteiger partial charge in [-0.25, -0.2) is 4.79 Å². The lowest BCUT2D eigenvalue weighted by atomic mass is 10.0. The molecule has 0 unspecified atom stereocenters. The Morgan fingerprint density at radius 3 is 2.55 bits per heavy atom. The summed E-state index contributed by atoms with van der Waals surface area (Å²) in [6.07, 6.45) is 0.617. The fourth-order valence-electron chi connectivity index (χ4n) is 1.97. The molecule has 4 heteroatoms. The highest BCUT2D eigenvalue weighted by molar-refractivity contribution is 5.86. The van der Waals surface area contributed by atoms with E-state index in [4.69, 9.17) is 9.47 Å². The Bertz CT molecular complexity index is 662.